The molecule has 0 N–H and O–H groups in total. The first-order valence-corrected chi connectivity index (χ1v) is 6.91. The zero-order chi connectivity index (χ0) is 14.8. The number of hydrogen-bond acceptors (Lipinski definition) is 2. The van der Waals surface area contributed by atoms with Gasteiger partial charge in [-0.3, -0.25) is 9.59 Å². The second-order valence-corrected chi connectivity index (χ2v) is 5.30. The molecule has 0 unspecified atom stereocenters. The van der Waals surface area contributed by atoms with Crippen LogP contribution < -0.4 is 9.80 Å². The summed E-state index contributed by atoms with van der Waals surface area (Å²) in [6, 6.07) is 13.0. The number of carbonyl (C=O) groups excluding carboxylic acids is 2. The maximum atomic E-state index is 11.5. The number of hydrogen-bond donors (Lipinski definition) is 0. The van der Waals surface area contributed by atoms with Gasteiger partial charge < -0.3 is 9.80 Å². The predicted molar refractivity (Wildman–Crippen MR) is 82.4 cm³/mol. The lowest BCUT2D eigenvalue weighted by atomic mass is 10.0. The van der Waals surface area contributed by atoms with E-state index in [1.165, 1.54) is 0 Å². The summed E-state index contributed by atoms with van der Waals surface area (Å²) in [4.78, 5) is 26.1. The first-order valence-electron chi connectivity index (χ1n) is 6.53. The number of anilines is 2. The van der Waals surface area contributed by atoms with Crippen molar-refractivity contribution in [3.05, 3.63) is 58.6 Å². The molecular weight excluding hydrogens is 288 g/mol. The van der Waals surface area contributed by atoms with Gasteiger partial charge in [-0.2, -0.15) is 0 Å². The van der Waals surface area contributed by atoms with Gasteiger partial charge in [-0.25, -0.2) is 0 Å². The number of carbonyl (C=O) groups is 2. The lowest BCUT2D eigenvalue weighted by Crippen LogP contribution is -2.30. The van der Waals surface area contributed by atoms with Crippen molar-refractivity contribution in [2.45, 2.75) is 13.1 Å². The van der Waals surface area contributed by atoms with Gasteiger partial charge in [-0.15, -0.1) is 0 Å². The Kier molecular flexibility index (Phi) is 3.62. The van der Waals surface area contributed by atoms with Gasteiger partial charge in [0.05, 0.1) is 24.5 Å². The number of rotatable bonds is 2. The van der Waals surface area contributed by atoms with Crippen LogP contribution in [0.2, 0.25) is 5.02 Å². The lowest BCUT2D eigenvalue weighted by molar-refractivity contribution is -0.108. The van der Waals surface area contributed by atoms with Crippen molar-refractivity contribution >= 4 is 35.8 Å². The largest absolute Gasteiger partial charge is 0.309 e. The van der Waals surface area contributed by atoms with E-state index in [-0.39, 0.29) is 0 Å². The minimum absolute atomic E-state index is 0.458. The molecule has 2 aromatic carbocycles. The number of halogens is 1. The fourth-order valence-corrected chi connectivity index (χ4v) is 2.73. The molecule has 0 fully saturated rings. The molecular formula is C16H13ClN2O2. The topological polar surface area (TPSA) is 40.6 Å². The van der Waals surface area contributed by atoms with Crippen LogP contribution in [0.4, 0.5) is 11.4 Å². The van der Waals surface area contributed by atoms with Crippen LogP contribution in [0.15, 0.2) is 42.5 Å². The number of nitrogens with zero attached hydrogens (tertiary/aromatic N) is 2. The Morgan fingerprint density at radius 1 is 0.857 bits per heavy atom. The fourth-order valence-electron chi connectivity index (χ4n) is 2.56. The van der Waals surface area contributed by atoms with E-state index in [1.807, 2.05) is 24.3 Å². The van der Waals surface area contributed by atoms with Crippen LogP contribution in [0.25, 0.3) is 0 Å². The summed E-state index contributed by atoms with van der Waals surface area (Å²) < 4.78 is 0. The zero-order valence-corrected chi connectivity index (χ0v) is 12.0. The highest BCUT2D eigenvalue weighted by molar-refractivity contribution is 6.31. The quantitative estimate of drug-likeness (QED) is 0.800. The Bertz CT molecular complexity index is 702. The van der Waals surface area contributed by atoms with Crippen LogP contribution in [0, 0.1) is 0 Å². The van der Waals surface area contributed by atoms with Gasteiger partial charge in [0.15, 0.2) is 0 Å². The van der Waals surface area contributed by atoms with Crippen molar-refractivity contribution in [3.63, 3.8) is 0 Å². The molecule has 2 aromatic rings. The molecule has 0 atom stereocenters. The molecule has 1 aliphatic rings. The molecule has 1 aliphatic heterocycles. The lowest BCUT2D eigenvalue weighted by Gasteiger charge is -2.30. The molecule has 0 bridgehead atoms. The van der Waals surface area contributed by atoms with Crippen LogP contribution in [-0.4, -0.2) is 12.8 Å². The summed E-state index contributed by atoms with van der Waals surface area (Å²) in [6.07, 6.45) is 1.54. The molecule has 2 amide bonds. The Morgan fingerprint density at radius 2 is 1.43 bits per heavy atom. The van der Waals surface area contributed by atoms with Crippen LogP contribution in [-0.2, 0) is 22.7 Å². The molecule has 0 spiro atoms. The average Bonchev–Trinajstić information content (AvgIpc) is 2.50. The van der Waals surface area contributed by atoms with E-state index in [2.05, 4.69) is 0 Å². The maximum absolute atomic E-state index is 11.5. The fraction of sp³-hybridized carbons (Fsp3) is 0.125. The number of benzene rings is 2. The van der Waals surface area contributed by atoms with Gasteiger partial charge in [-0.05, 0) is 29.3 Å². The third-order valence-corrected chi connectivity index (χ3v) is 3.85. The van der Waals surface area contributed by atoms with E-state index in [4.69, 9.17) is 11.6 Å². The van der Waals surface area contributed by atoms with E-state index in [0.717, 1.165) is 23.9 Å². The Labute approximate surface area is 127 Å². The zero-order valence-electron chi connectivity index (χ0n) is 11.2. The van der Waals surface area contributed by atoms with Crippen LogP contribution in [0.5, 0.6) is 0 Å². The molecule has 3 rings (SSSR count). The molecule has 106 valence electrons. The Hall–Kier alpha value is -2.33. The highest BCUT2D eigenvalue weighted by Gasteiger charge is 2.21. The maximum Gasteiger partial charge on any atom is 0.214 e. The second kappa shape index (κ2) is 5.58. The standard InChI is InChI=1S/C16H13ClN2O2/c17-14-5-6-15-16(7-14)19(11-21)9-13-4-2-1-3-12(13)8-18(15)10-20/h1-7,10-11H,8-9H2. The minimum atomic E-state index is 0.458. The van der Waals surface area contributed by atoms with E-state index in [9.17, 15) is 9.59 Å². The van der Waals surface area contributed by atoms with Gasteiger partial charge in [0.2, 0.25) is 12.8 Å². The normalized spacial score (nSPS) is 13.8. The monoisotopic (exact) mass is 300 g/mol. The molecule has 0 saturated carbocycles. The van der Waals surface area contributed by atoms with Crippen molar-refractivity contribution in [2.75, 3.05) is 9.80 Å². The highest BCUT2D eigenvalue weighted by Crippen LogP contribution is 2.35. The minimum Gasteiger partial charge on any atom is -0.309 e. The average molecular weight is 301 g/mol. The van der Waals surface area contributed by atoms with Crippen molar-refractivity contribution in [2.24, 2.45) is 0 Å². The summed E-state index contributed by atoms with van der Waals surface area (Å²) in [5.74, 6) is 0. The summed E-state index contributed by atoms with van der Waals surface area (Å²) in [5, 5.41) is 0.528. The molecule has 4 nitrogen and oxygen atoms in total. The summed E-state index contributed by atoms with van der Waals surface area (Å²) in [7, 11) is 0. The van der Waals surface area contributed by atoms with Crippen LogP contribution in [0.3, 0.4) is 0 Å². The smallest absolute Gasteiger partial charge is 0.214 e. The van der Waals surface area contributed by atoms with Crippen LogP contribution >= 0.6 is 11.6 Å². The molecule has 0 aromatic heterocycles. The summed E-state index contributed by atoms with van der Waals surface area (Å²) in [6.45, 7) is 0.931. The van der Waals surface area contributed by atoms with Gasteiger partial charge in [0.25, 0.3) is 0 Å². The SMILES string of the molecule is O=CN1Cc2ccccc2CN(C=O)c2cc(Cl)ccc21. The van der Waals surface area contributed by atoms with Gasteiger partial charge >= 0.3 is 0 Å². The molecule has 21 heavy (non-hydrogen) atoms. The van der Waals surface area contributed by atoms with Crippen molar-refractivity contribution < 1.29 is 9.59 Å². The second-order valence-electron chi connectivity index (χ2n) is 4.87. The van der Waals surface area contributed by atoms with E-state index in [1.54, 1.807) is 28.0 Å². The van der Waals surface area contributed by atoms with E-state index >= 15 is 0 Å². The van der Waals surface area contributed by atoms with Gasteiger partial charge in [-0.1, -0.05) is 35.9 Å². The molecule has 1 heterocycles. The van der Waals surface area contributed by atoms with Crippen molar-refractivity contribution in [1.29, 1.82) is 0 Å². The van der Waals surface area contributed by atoms with E-state index in [0.29, 0.717) is 29.5 Å². The number of fused-ring (bicyclic) bond motifs is 2. The first-order chi connectivity index (χ1) is 10.2. The summed E-state index contributed by atoms with van der Waals surface area (Å²) >= 11 is 6.03. The molecule has 5 heteroatoms. The van der Waals surface area contributed by atoms with E-state index < -0.39 is 0 Å². The Balaban J connectivity index is 2.18. The van der Waals surface area contributed by atoms with Gasteiger partial charge in [0, 0.05) is 5.02 Å². The van der Waals surface area contributed by atoms with Crippen molar-refractivity contribution in [3.8, 4) is 0 Å². The molecule has 0 aliphatic carbocycles. The highest BCUT2D eigenvalue weighted by atomic mass is 35.5. The van der Waals surface area contributed by atoms with Gasteiger partial charge in [0.1, 0.15) is 0 Å². The third kappa shape index (κ3) is 2.50. The first kappa shape index (κ1) is 13.6. The third-order valence-electron chi connectivity index (χ3n) is 3.61. The Morgan fingerprint density at radius 3 is 2.00 bits per heavy atom. The number of amides is 2. The predicted octanol–water partition coefficient (Wildman–Crippen LogP) is 2.98. The molecule has 0 radical (unpaired) electrons. The van der Waals surface area contributed by atoms with Crippen LogP contribution in [0.1, 0.15) is 11.1 Å². The summed E-state index contributed by atoms with van der Waals surface area (Å²) in [5.41, 5.74) is 3.36. The van der Waals surface area contributed by atoms with Crippen molar-refractivity contribution in [1.82, 2.24) is 0 Å². The molecule has 0 saturated heterocycles.